The highest BCUT2D eigenvalue weighted by atomic mass is 35.5. The summed E-state index contributed by atoms with van der Waals surface area (Å²) in [5.41, 5.74) is 3.96. The van der Waals surface area contributed by atoms with E-state index in [0.717, 1.165) is 50.1 Å². The number of carbonyl (C=O) groups is 1. The minimum absolute atomic E-state index is 0.580. The van der Waals surface area contributed by atoms with E-state index in [1.807, 2.05) is 72.8 Å². The van der Waals surface area contributed by atoms with Gasteiger partial charge in [0.25, 0.3) is 0 Å². The minimum atomic E-state index is 0.580. The molecule has 0 saturated carbocycles. The van der Waals surface area contributed by atoms with Gasteiger partial charge in [0.1, 0.15) is 11.2 Å². The Labute approximate surface area is 154 Å². The molecular formula is C23H13ClO2. The van der Waals surface area contributed by atoms with Crippen molar-refractivity contribution in [3.63, 3.8) is 0 Å². The van der Waals surface area contributed by atoms with Gasteiger partial charge in [-0.3, -0.25) is 4.79 Å². The molecule has 26 heavy (non-hydrogen) atoms. The van der Waals surface area contributed by atoms with E-state index in [1.165, 1.54) is 0 Å². The molecule has 0 spiro atoms. The smallest absolute Gasteiger partial charge is 0.151 e. The van der Waals surface area contributed by atoms with Gasteiger partial charge in [-0.2, -0.15) is 0 Å². The first-order valence-corrected chi connectivity index (χ1v) is 8.72. The van der Waals surface area contributed by atoms with Crippen molar-refractivity contribution in [2.45, 2.75) is 0 Å². The van der Waals surface area contributed by atoms with Crippen LogP contribution in [0, 0.1) is 0 Å². The predicted molar refractivity (Wildman–Crippen MR) is 107 cm³/mol. The highest BCUT2D eigenvalue weighted by Gasteiger charge is 2.17. The van der Waals surface area contributed by atoms with Gasteiger partial charge in [0.15, 0.2) is 6.29 Å². The lowest BCUT2D eigenvalue weighted by Gasteiger charge is -2.11. The number of furan rings is 1. The van der Waals surface area contributed by atoms with Crippen molar-refractivity contribution in [3.05, 3.63) is 83.4 Å². The maximum Gasteiger partial charge on any atom is 0.151 e. The molecule has 1 aromatic heterocycles. The summed E-state index contributed by atoms with van der Waals surface area (Å²) in [4.78, 5) is 12.0. The second kappa shape index (κ2) is 5.72. The molecule has 0 aliphatic carbocycles. The summed E-state index contributed by atoms with van der Waals surface area (Å²) >= 11 is 6.37. The van der Waals surface area contributed by atoms with Gasteiger partial charge in [-0.15, -0.1) is 0 Å². The molecule has 5 rings (SSSR count). The Morgan fingerprint density at radius 3 is 2.38 bits per heavy atom. The summed E-state index contributed by atoms with van der Waals surface area (Å²) in [6.07, 6.45) is 0.923. The summed E-state index contributed by atoms with van der Waals surface area (Å²) in [7, 11) is 0. The molecule has 124 valence electrons. The Hall–Kier alpha value is -3.10. The summed E-state index contributed by atoms with van der Waals surface area (Å²) in [6, 6.07) is 23.5. The van der Waals surface area contributed by atoms with E-state index in [1.54, 1.807) is 0 Å². The number of fused-ring (bicyclic) bond motifs is 4. The van der Waals surface area contributed by atoms with E-state index >= 15 is 0 Å². The number of aldehydes is 1. The van der Waals surface area contributed by atoms with Crippen molar-refractivity contribution >= 4 is 50.6 Å². The maximum absolute atomic E-state index is 12.0. The van der Waals surface area contributed by atoms with Crippen LogP contribution in [-0.4, -0.2) is 6.29 Å². The Morgan fingerprint density at radius 2 is 1.54 bits per heavy atom. The van der Waals surface area contributed by atoms with Crippen LogP contribution < -0.4 is 0 Å². The predicted octanol–water partition coefficient (Wildman–Crippen LogP) is 6.87. The van der Waals surface area contributed by atoms with Gasteiger partial charge < -0.3 is 4.42 Å². The molecule has 0 bridgehead atoms. The zero-order chi connectivity index (χ0) is 17.7. The summed E-state index contributed by atoms with van der Waals surface area (Å²) in [6.45, 7) is 0. The molecule has 5 aromatic rings. The van der Waals surface area contributed by atoms with Crippen LogP contribution in [0.25, 0.3) is 43.8 Å². The molecule has 0 saturated heterocycles. The topological polar surface area (TPSA) is 30.2 Å². The number of benzene rings is 4. The zero-order valence-electron chi connectivity index (χ0n) is 13.7. The van der Waals surface area contributed by atoms with E-state index < -0.39 is 0 Å². The summed E-state index contributed by atoms with van der Waals surface area (Å²) in [5.74, 6) is 0. The van der Waals surface area contributed by atoms with Crippen LogP contribution in [0.2, 0.25) is 5.02 Å². The molecule has 0 aliphatic rings. The highest BCUT2D eigenvalue weighted by molar-refractivity contribution is 6.32. The van der Waals surface area contributed by atoms with Crippen molar-refractivity contribution in [1.29, 1.82) is 0 Å². The molecule has 0 fully saturated rings. The molecule has 0 N–H and O–H groups in total. The number of para-hydroxylation sites is 1. The van der Waals surface area contributed by atoms with Crippen molar-refractivity contribution < 1.29 is 9.21 Å². The Bertz CT molecular complexity index is 1310. The van der Waals surface area contributed by atoms with Crippen LogP contribution >= 0.6 is 11.6 Å². The third kappa shape index (κ3) is 2.16. The van der Waals surface area contributed by atoms with E-state index in [9.17, 15) is 4.79 Å². The number of hydrogen-bond donors (Lipinski definition) is 0. The third-order valence-electron chi connectivity index (χ3n) is 4.82. The zero-order valence-corrected chi connectivity index (χ0v) is 14.5. The largest absolute Gasteiger partial charge is 0.456 e. The fraction of sp³-hybridized carbons (Fsp3) is 0. The Balaban J connectivity index is 1.96. The third-order valence-corrected chi connectivity index (χ3v) is 5.04. The van der Waals surface area contributed by atoms with Gasteiger partial charge in [-0.05, 0) is 34.0 Å². The number of rotatable bonds is 2. The lowest BCUT2D eigenvalue weighted by atomic mass is 9.92. The lowest BCUT2D eigenvalue weighted by molar-refractivity contribution is 0.112. The molecular weight excluding hydrogens is 344 g/mol. The lowest BCUT2D eigenvalue weighted by Crippen LogP contribution is -1.91. The van der Waals surface area contributed by atoms with Crippen LogP contribution in [0.5, 0.6) is 0 Å². The van der Waals surface area contributed by atoms with Gasteiger partial charge in [-0.1, -0.05) is 66.2 Å². The van der Waals surface area contributed by atoms with E-state index in [0.29, 0.717) is 10.6 Å². The van der Waals surface area contributed by atoms with Gasteiger partial charge in [-0.25, -0.2) is 0 Å². The number of carbonyl (C=O) groups excluding carboxylic acids is 1. The fourth-order valence-corrected chi connectivity index (χ4v) is 3.90. The second-order valence-electron chi connectivity index (χ2n) is 6.29. The molecule has 0 radical (unpaired) electrons. The van der Waals surface area contributed by atoms with Crippen LogP contribution in [0.4, 0.5) is 0 Å². The van der Waals surface area contributed by atoms with Crippen LogP contribution in [-0.2, 0) is 0 Å². The van der Waals surface area contributed by atoms with Crippen molar-refractivity contribution in [1.82, 2.24) is 0 Å². The van der Waals surface area contributed by atoms with E-state index in [4.69, 9.17) is 16.0 Å². The van der Waals surface area contributed by atoms with Gasteiger partial charge in [0.2, 0.25) is 0 Å². The molecule has 3 heteroatoms. The molecule has 0 unspecified atom stereocenters. The average molecular weight is 357 g/mol. The first-order chi connectivity index (χ1) is 12.8. The Kier molecular flexibility index (Phi) is 3.34. The van der Waals surface area contributed by atoms with E-state index in [2.05, 4.69) is 0 Å². The quantitative estimate of drug-likeness (QED) is 0.323. The molecule has 2 nitrogen and oxygen atoms in total. The second-order valence-corrected chi connectivity index (χ2v) is 6.73. The molecule has 1 heterocycles. The van der Waals surface area contributed by atoms with Crippen molar-refractivity contribution in [2.24, 2.45) is 0 Å². The van der Waals surface area contributed by atoms with E-state index in [-0.39, 0.29) is 0 Å². The first-order valence-electron chi connectivity index (χ1n) is 8.34. The van der Waals surface area contributed by atoms with Crippen molar-refractivity contribution in [2.75, 3.05) is 0 Å². The standard InChI is InChI=1S/C23H13ClO2/c24-15-11-19(23-18-7-3-4-8-21(18)26-22(23)12-15)17-10-9-14-5-1-2-6-16(14)20(17)13-25/h1-13H. The molecule has 0 atom stereocenters. The van der Waals surface area contributed by atoms with Gasteiger partial charge in [0, 0.05) is 27.4 Å². The highest BCUT2D eigenvalue weighted by Crippen LogP contribution is 2.40. The summed E-state index contributed by atoms with van der Waals surface area (Å²) < 4.78 is 5.98. The first kappa shape index (κ1) is 15.2. The molecule has 0 amide bonds. The molecule has 4 aromatic carbocycles. The monoisotopic (exact) mass is 356 g/mol. The van der Waals surface area contributed by atoms with Crippen molar-refractivity contribution in [3.8, 4) is 11.1 Å². The number of halogens is 1. The van der Waals surface area contributed by atoms with Crippen LogP contribution in [0.1, 0.15) is 10.4 Å². The maximum atomic E-state index is 12.0. The van der Waals surface area contributed by atoms with Crippen LogP contribution in [0.15, 0.2) is 77.2 Å². The molecule has 0 aliphatic heterocycles. The van der Waals surface area contributed by atoms with Gasteiger partial charge in [0.05, 0.1) is 0 Å². The number of hydrogen-bond acceptors (Lipinski definition) is 2. The van der Waals surface area contributed by atoms with Gasteiger partial charge >= 0.3 is 0 Å². The van der Waals surface area contributed by atoms with Crippen LogP contribution in [0.3, 0.4) is 0 Å². The summed E-state index contributed by atoms with van der Waals surface area (Å²) in [5, 5.41) is 4.54. The minimum Gasteiger partial charge on any atom is -0.456 e. The normalized spacial score (nSPS) is 11.4. The fourth-order valence-electron chi connectivity index (χ4n) is 3.69. The average Bonchev–Trinajstić information content (AvgIpc) is 3.04. The Morgan fingerprint density at radius 1 is 0.769 bits per heavy atom. The SMILES string of the molecule is O=Cc1c(-c2cc(Cl)cc3oc4ccccc4c23)ccc2ccccc12.